The lowest BCUT2D eigenvalue weighted by Crippen LogP contribution is -1.99. The molecule has 0 aliphatic rings. The third kappa shape index (κ3) is 2.71. The molecular weight excluding hydrogens is 334 g/mol. The fraction of sp³-hybridized carbons (Fsp3) is 0. The van der Waals surface area contributed by atoms with Gasteiger partial charge in [-0.2, -0.15) is 10.2 Å². The van der Waals surface area contributed by atoms with Crippen LogP contribution in [0, 0.1) is 0 Å². The number of hydrogen-bond acceptors (Lipinski definition) is 4. The predicted octanol–water partition coefficient (Wildman–Crippen LogP) is 3.83. The minimum atomic E-state index is -0.960. The Morgan fingerprint density at radius 1 is 1.14 bits per heavy atom. The van der Waals surface area contributed by atoms with Gasteiger partial charge >= 0.3 is 5.97 Å². The van der Waals surface area contributed by atoms with Crippen molar-refractivity contribution in [2.45, 2.75) is 0 Å². The molecule has 2 N–H and O–H groups in total. The number of carboxylic acids is 1. The molecule has 3 aromatic rings. The fourth-order valence-electron chi connectivity index (χ4n) is 2.00. The van der Waals surface area contributed by atoms with Gasteiger partial charge in [0.25, 0.3) is 0 Å². The number of benzene rings is 2. The molecule has 21 heavy (non-hydrogen) atoms. The van der Waals surface area contributed by atoms with E-state index in [1.165, 1.54) is 0 Å². The number of halogens is 1. The largest absolute Gasteiger partial charge is 0.478 e. The Balaban J connectivity index is 2.01. The van der Waals surface area contributed by atoms with Gasteiger partial charge in [-0.05, 0) is 40.2 Å². The molecule has 0 amide bonds. The molecule has 0 spiro atoms. The average molecular weight is 344 g/mol. The van der Waals surface area contributed by atoms with Gasteiger partial charge in [-0.25, -0.2) is 4.79 Å². The van der Waals surface area contributed by atoms with Crippen molar-refractivity contribution in [3.63, 3.8) is 0 Å². The summed E-state index contributed by atoms with van der Waals surface area (Å²) in [6.07, 6.45) is 1.64. The molecule has 0 fully saturated rings. The smallest absolute Gasteiger partial charge is 0.335 e. The molecule has 0 unspecified atom stereocenters. The first-order valence-corrected chi connectivity index (χ1v) is 6.95. The summed E-state index contributed by atoms with van der Waals surface area (Å²) >= 11 is 3.38. The molecule has 0 aliphatic heterocycles. The van der Waals surface area contributed by atoms with Crippen molar-refractivity contribution in [3.8, 4) is 0 Å². The lowest BCUT2D eigenvalue weighted by molar-refractivity contribution is 0.0697. The van der Waals surface area contributed by atoms with Crippen LogP contribution in [0.4, 0.5) is 11.4 Å². The average Bonchev–Trinajstić information content (AvgIpc) is 2.49. The number of anilines is 2. The summed E-state index contributed by atoms with van der Waals surface area (Å²) < 4.78 is 0.670. The highest BCUT2D eigenvalue weighted by Crippen LogP contribution is 2.29. The molecule has 3 rings (SSSR count). The summed E-state index contributed by atoms with van der Waals surface area (Å²) in [7, 11) is 0. The van der Waals surface area contributed by atoms with Crippen LogP contribution in [0.15, 0.2) is 53.1 Å². The van der Waals surface area contributed by atoms with Crippen molar-refractivity contribution in [3.05, 3.63) is 58.7 Å². The van der Waals surface area contributed by atoms with Gasteiger partial charge in [-0.15, -0.1) is 0 Å². The minimum Gasteiger partial charge on any atom is -0.478 e. The van der Waals surface area contributed by atoms with Gasteiger partial charge in [0.05, 0.1) is 28.7 Å². The second kappa shape index (κ2) is 5.49. The summed E-state index contributed by atoms with van der Waals surface area (Å²) in [5, 5.41) is 21.2. The monoisotopic (exact) mass is 343 g/mol. The lowest BCUT2D eigenvalue weighted by Gasteiger charge is -2.10. The highest BCUT2D eigenvalue weighted by molar-refractivity contribution is 9.10. The Kier molecular flexibility index (Phi) is 3.53. The zero-order valence-electron chi connectivity index (χ0n) is 10.7. The Morgan fingerprint density at radius 3 is 2.71 bits per heavy atom. The van der Waals surface area contributed by atoms with Crippen LogP contribution in [0.25, 0.3) is 10.9 Å². The number of aromatic carboxylic acids is 1. The molecule has 0 radical (unpaired) electrons. The van der Waals surface area contributed by atoms with E-state index in [1.807, 2.05) is 24.3 Å². The van der Waals surface area contributed by atoms with E-state index in [0.29, 0.717) is 4.47 Å². The maximum absolute atomic E-state index is 10.9. The highest BCUT2D eigenvalue weighted by Gasteiger charge is 2.08. The molecule has 0 bridgehead atoms. The molecule has 5 nitrogen and oxygen atoms in total. The number of carbonyl (C=O) groups is 1. The van der Waals surface area contributed by atoms with Crippen LogP contribution in [0.2, 0.25) is 0 Å². The van der Waals surface area contributed by atoms with E-state index < -0.39 is 5.97 Å². The van der Waals surface area contributed by atoms with E-state index in [-0.39, 0.29) is 5.56 Å². The number of nitrogens with one attached hydrogen (secondary N) is 1. The Hall–Kier alpha value is -2.47. The van der Waals surface area contributed by atoms with Crippen LogP contribution in [-0.2, 0) is 0 Å². The summed E-state index contributed by atoms with van der Waals surface area (Å²) in [5.74, 6) is -0.960. The van der Waals surface area contributed by atoms with Gasteiger partial charge in [-0.1, -0.05) is 18.2 Å². The Labute approximate surface area is 128 Å². The Morgan fingerprint density at radius 2 is 1.95 bits per heavy atom. The zero-order valence-corrected chi connectivity index (χ0v) is 12.3. The van der Waals surface area contributed by atoms with Crippen molar-refractivity contribution in [2.24, 2.45) is 0 Å². The van der Waals surface area contributed by atoms with E-state index >= 15 is 0 Å². The molecule has 2 aromatic carbocycles. The molecular formula is C15H10BrN3O2. The molecule has 1 heterocycles. The third-order valence-electron chi connectivity index (χ3n) is 3.03. The van der Waals surface area contributed by atoms with Gasteiger partial charge in [0.2, 0.25) is 0 Å². The van der Waals surface area contributed by atoms with Crippen LogP contribution < -0.4 is 5.32 Å². The number of nitrogens with zero attached hydrogens (tertiary/aromatic N) is 2. The molecule has 0 aliphatic carbocycles. The predicted molar refractivity (Wildman–Crippen MR) is 83.9 cm³/mol. The second-order valence-corrected chi connectivity index (χ2v) is 5.25. The molecule has 6 heteroatoms. The van der Waals surface area contributed by atoms with E-state index in [0.717, 1.165) is 22.3 Å². The molecule has 104 valence electrons. The normalized spacial score (nSPS) is 10.5. The number of carboxylic acid groups (broad SMARTS) is 1. The van der Waals surface area contributed by atoms with Gasteiger partial charge in [-0.3, -0.25) is 0 Å². The van der Waals surface area contributed by atoms with Crippen LogP contribution >= 0.6 is 15.9 Å². The first kappa shape index (κ1) is 13.5. The van der Waals surface area contributed by atoms with Crippen molar-refractivity contribution >= 4 is 44.2 Å². The first-order chi connectivity index (χ1) is 10.1. The maximum atomic E-state index is 10.9. The molecule has 1 aromatic heterocycles. The van der Waals surface area contributed by atoms with Crippen molar-refractivity contribution in [2.75, 3.05) is 5.32 Å². The third-order valence-corrected chi connectivity index (χ3v) is 3.69. The van der Waals surface area contributed by atoms with Crippen molar-refractivity contribution in [1.82, 2.24) is 10.2 Å². The zero-order chi connectivity index (χ0) is 14.8. The number of fused-ring (bicyclic) bond motifs is 1. The van der Waals surface area contributed by atoms with E-state index in [4.69, 9.17) is 5.11 Å². The van der Waals surface area contributed by atoms with E-state index in [1.54, 1.807) is 24.4 Å². The second-order valence-electron chi connectivity index (χ2n) is 4.40. The number of hydrogen-bond donors (Lipinski definition) is 2. The number of rotatable bonds is 3. The van der Waals surface area contributed by atoms with Gasteiger partial charge in [0, 0.05) is 9.86 Å². The first-order valence-electron chi connectivity index (χ1n) is 6.15. The summed E-state index contributed by atoms with van der Waals surface area (Å²) in [4.78, 5) is 10.9. The fourth-order valence-corrected chi connectivity index (χ4v) is 2.48. The highest BCUT2D eigenvalue weighted by atomic mass is 79.9. The van der Waals surface area contributed by atoms with Crippen LogP contribution in [0.5, 0.6) is 0 Å². The van der Waals surface area contributed by atoms with E-state index in [9.17, 15) is 4.79 Å². The van der Waals surface area contributed by atoms with Crippen molar-refractivity contribution < 1.29 is 9.90 Å². The Bertz CT molecular complexity index is 831. The van der Waals surface area contributed by atoms with Crippen LogP contribution in [0.1, 0.15) is 10.4 Å². The SMILES string of the molecule is O=C(O)c1ccc(Nc2cnnc3ccccc23)c(Br)c1. The number of aromatic nitrogens is 2. The molecule has 0 saturated carbocycles. The summed E-state index contributed by atoms with van der Waals surface area (Å²) in [6, 6.07) is 12.5. The molecule has 0 saturated heterocycles. The minimum absolute atomic E-state index is 0.227. The van der Waals surface area contributed by atoms with E-state index in [2.05, 4.69) is 31.4 Å². The van der Waals surface area contributed by atoms with Gasteiger partial charge in [0.15, 0.2) is 0 Å². The van der Waals surface area contributed by atoms with Gasteiger partial charge < -0.3 is 10.4 Å². The summed E-state index contributed by atoms with van der Waals surface area (Å²) in [6.45, 7) is 0. The van der Waals surface area contributed by atoms with Crippen molar-refractivity contribution in [1.29, 1.82) is 0 Å². The maximum Gasteiger partial charge on any atom is 0.335 e. The topological polar surface area (TPSA) is 75.1 Å². The van der Waals surface area contributed by atoms with Gasteiger partial charge in [0.1, 0.15) is 0 Å². The quantitative estimate of drug-likeness (QED) is 0.755. The van der Waals surface area contributed by atoms with Crippen LogP contribution in [0.3, 0.4) is 0 Å². The molecule has 0 atom stereocenters. The standard InChI is InChI=1S/C15H10BrN3O2/c16-11-7-9(15(20)21)5-6-13(11)18-14-8-17-19-12-4-2-1-3-10(12)14/h1-8H,(H,18,19)(H,20,21). The van der Waals surface area contributed by atoms with Crippen LogP contribution in [-0.4, -0.2) is 21.3 Å². The lowest BCUT2D eigenvalue weighted by atomic mass is 10.2. The summed E-state index contributed by atoms with van der Waals surface area (Å²) in [5.41, 5.74) is 2.59.